The zero-order chi connectivity index (χ0) is 13.9. The van der Waals surface area contributed by atoms with Crippen molar-refractivity contribution < 1.29 is 8.42 Å². The van der Waals surface area contributed by atoms with Crippen LogP contribution >= 0.6 is 0 Å². The minimum absolute atomic E-state index is 0.213. The van der Waals surface area contributed by atoms with E-state index in [-0.39, 0.29) is 17.5 Å². The van der Waals surface area contributed by atoms with Crippen LogP contribution in [0, 0.1) is 0 Å². The highest BCUT2D eigenvalue weighted by molar-refractivity contribution is 7.89. The van der Waals surface area contributed by atoms with Crippen LogP contribution in [0.15, 0.2) is 29.4 Å². The molecule has 0 spiro atoms. The molecular formula is C12H18N4O2S. The molecule has 104 valence electrons. The first-order valence-electron chi connectivity index (χ1n) is 6.23. The fourth-order valence-electron chi connectivity index (χ4n) is 2.01. The third-order valence-corrected chi connectivity index (χ3v) is 4.51. The van der Waals surface area contributed by atoms with Gasteiger partial charge in [-0.3, -0.25) is 0 Å². The van der Waals surface area contributed by atoms with Gasteiger partial charge in [0, 0.05) is 30.4 Å². The lowest BCUT2D eigenvalue weighted by Crippen LogP contribution is -2.39. The molecule has 2 aromatic heterocycles. The normalized spacial score (nSPS) is 13.8. The van der Waals surface area contributed by atoms with Crippen LogP contribution in [0.2, 0.25) is 0 Å². The molecule has 0 saturated heterocycles. The smallest absolute Gasteiger partial charge is 0.243 e. The number of aromatic nitrogens is 2. The van der Waals surface area contributed by atoms with Crippen molar-refractivity contribution >= 4 is 21.1 Å². The molecule has 0 bridgehead atoms. The van der Waals surface area contributed by atoms with Crippen LogP contribution in [0.1, 0.15) is 19.8 Å². The SMILES string of the molecule is CCCC(CN)NS(=O)(=O)c1c[nH]c2ncccc12. The number of nitrogens with two attached hydrogens (primary N) is 1. The Kier molecular flexibility index (Phi) is 4.18. The number of H-pyrrole nitrogens is 1. The summed E-state index contributed by atoms with van der Waals surface area (Å²) in [5, 5.41) is 0.585. The van der Waals surface area contributed by atoms with Gasteiger partial charge in [-0.2, -0.15) is 0 Å². The number of sulfonamides is 1. The summed E-state index contributed by atoms with van der Waals surface area (Å²) in [4.78, 5) is 7.15. The van der Waals surface area contributed by atoms with E-state index in [4.69, 9.17) is 5.73 Å². The number of nitrogens with zero attached hydrogens (tertiary/aromatic N) is 1. The summed E-state index contributed by atoms with van der Waals surface area (Å²) in [5.74, 6) is 0. The summed E-state index contributed by atoms with van der Waals surface area (Å²) >= 11 is 0. The van der Waals surface area contributed by atoms with Gasteiger partial charge in [0.15, 0.2) is 0 Å². The first-order chi connectivity index (χ1) is 9.08. The molecule has 0 saturated carbocycles. The molecule has 19 heavy (non-hydrogen) atoms. The number of aromatic amines is 1. The average Bonchev–Trinajstić information content (AvgIpc) is 2.82. The van der Waals surface area contributed by atoms with Crippen LogP contribution in [-0.4, -0.2) is 31.0 Å². The lowest BCUT2D eigenvalue weighted by atomic mass is 10.2. The van der Waals surface area contributed by atoms with Crippen molar-refractivity contribution in [3.63, 3.8) is 0 Å². The van der Waals surface area contributed by atoms with Gasteiger partial charge in [-0.25, -0.2) is 18.1 Å². The predicted molar refractivity (Wildman–Crippen MR) is 74.2 cm³/mol. The van der Waals surface area contributed by atoms with E-state index in [1.165, 1.54) is 6.20 Å². The molecule has 1 unspecified atom stereocenters. The summed E-state index contributed by atoms with van der Waals surface area (Å²) in [6, 6.07) is 3.20. The Bertz CT molecular complexity index is 651. The quantitative estimate of drug-likeness (QED) is 0.734. The van der Waals surface area contributed by atoms with Crippen molar-refractivity contribution in [3.8, 4) is 0 Å². The van der Waals surface area contributed by atoms with Crippen molar-refractivity contribution in [2.75, 3.05) is 6.54 Å². The topological polar surface area (TPSA) is 101 Å². The Hall–Kier alpha value is -1.44. The number of hydrogen-bond donors (Lipinski definition) is 3. The molecular weight excluding hydrogens is 264 g/mol. The van der Waals surface area contributed by atoms with E-state index in [0.717, 1.165) is 12.8 Å². The summed E-state index contributed by atoms with van der Waals surface area (Å²) in [6.07, 6.45) is 4.66. The Morgan fingerprint density at radius 2 is 2.32 bits per heavy atom. The van der Waals surface area contributed by atoms with Crippen molar-refractivity contribution in [1.29, 1.82) is 0 Å². The molecule has 4 N–H and O–H groups in total. The van der Waals surface area contributed by atoms with Crippen LogP contribution in [-0.2, 0) is 10.0 Å². The Morgan fingerprint density at radius 1 is 1.53 bits per heavy atom. The second-order valence-corrected chi connectivity index (χ2v) is 6.08. The van der Waals surface area contributed by atoms with Gasteiger partial charge in [-0.05, 0) is 18.6 Å². The summed E-state index contributed by atoms with van der Waals surface area (Å²) < 4.78 is 27.3. The van der Waals surface area contributed by atoms with Crippen LogP contribution in [0.4, 0.5) is 0 Å². The third-order valence-electron chi connectivity index (χ3n) is 2.95. The highest BCUT2D eigenvalue weighted by atomic mass is 32.2. The summed E-state index contributed by atoms with van der Waals surface area (Å²) in [5.41, 5.74) is 6.14. The minimum Gasteiger partial charge on any atom is -0.345 e. The van der Waals surface area contributed by atoms with Crippen LogP contribution in [0.3, 0.4) is 0 Å². The lowest BCUT2D eigenvalue weighted by molar-refractivity contribution is 0.527. The van der Waals surface area contributed by atoms with Gasteiger partial charge in [-0.15, -0.1) is 0 Å². The zero-order valence-corrected chi connectivity index (χ0v) is 11.6. The Morgan fingerprint density at radius 3 is 3.00 bits per heavy atom. The largest absolute Gasteiger partial charge is 0.345 e. The molecule has 0 aromatic carbocycles. The molecule has 2 aromatic rings. The molecule has 0 aliphatic rings. The van der Waals surface area contributed by atoms with E-state index < -0.39 is 10.0 Å². The molecule has 0 aliphatic carbocycles. The van der Waals surface area contributed by atoms with Gasteiger partial charge in [0.25, 0.3) is 0 Å². The minimum atomic E-state index is -3.58. The Balaban J connectivity index is 2.34. The molecule has 0 fully saturated rings. The van der Waals surface area contributed by atoms with Gasteiger partial charge in [-0.1, -0.05) is 13.3 Å². The highest BCUT2D eigenvalue weighted by Crippen LogP contribution is 2.20. The van der Waals surface area contributed by atoms with Gasteiger partial charge in [0.05, 0.1) is 0 Å². The second kappa shape index (κ2) is 5.68. The maximum atomic E-state index is 12.3. The molecule has 6 nitrogen and oxygen atoms in total. The number of rotatable bonds is 6. The maximum Gasteiger partial charge on any atom is 0.243 e. The molecule has 1 atom stereocenters. The molecule has 2 heterocycles. The van der Waals surface area contributed by atoms with Crippen molar-refractivity contribution in [2.45, 2.75) is 30.7 Å². The fraction of sp³-hybridized carbons (Fsp3) is 0.417. The monoisotopic (exact) mass is 282 g/mol. The van der Waals surface area contributed by atoms with Crippen LogP contribution in [0.25, 0.3) is 11.0 Å². The van der Waals surface area contributed by atoms with Gasteiger partial charge in [0.1, 0.15) is 10.5 Å². The van der Waals surface area contributed by atoms with Crippen molar-refractivity contribution in [1.82, 2.24) is 14.7 Å². The molecule has 0 aliphatic heterocycles. The average molecular weight is 282 g/mol. The summed E-state index contributed by atoms with van der Waals surface area (Å²) in [7, 11) is -3.58. The van der Waals surface area contributed by atoms with Crippen molar-refractivity contribution in [3.05, 3.63) is 24.5 Å². The van der Waals surface area contributed by atoms with Gasteiger partial charge < -0.3 is 10.7 Å². The molecule has 7 heteroatoms. The summed E-state index contributed by atoms with van der Waals surface area (Å²) in [6.45, 7) is 2.28. The lowest BCUT2D eigenvalue weighted by Gasteiger charge is -2.15. The standard InChI is InChI=1S/C12H18N4O2S/c1-2-4-9(7-13)16-19(17,18)11-8-15-12-10(11)5-3-6-14-12/h3,5-6,8-9,16H,2,4,7,13H2,1H3,(H,14,15). The predicted octanol–water partition coefficient (Wildman–Crippen LogP) is 0.969. The first kappa shape index (κ1) is 14.0. The first-order valence-corrected chi connectivity index (χ1v) is 7.71. The van der Waals surface area contributed by atoms with Crippen molar-refractivity contribution in [2.24, 2.45) is 5.73 Å². The van der Waals surface area contributed by atoms with Crippen LogP contribution < -0.4 is 10.5 Å². The van der Waals surface area contributed by atoms with E-state index in [1.54, 1.807) is 18.3 Å². The third kappa shape index (κ3) is 2.94. The van der Waals surface area contributed by atoms with E-state index in [1.807, 2.05) is 6.92 Å². The van der Waals surface area contributed by atoms with E-state index in [2.05, 4.69) is 14.7 Å². The maximum absolute atomic E-state index is 12.3. The number of hydrogen-bond acceptors (Lipinski definition) is 4. The zero-order valence-electron chi connectivity index (χ0n) is 10.8. The Labute approximate surface area is 112 Å². The van der Waals surface area contributed by atoms with E-state index in [9.17, 15) is 8.42 Å². The molecule has 0 radical (unpaired) electrons. The van der Waals surface area contributed by atoms with Gasteiger partial charge >= 0.3 is 0 Å². The number of nitrogens with one attached hydrogen (secondary N) is 2. The number of fused-ring (bicyclic) bond motifs is 1. The molecule has 2 rings (SSSR count). The van der Waals surface area contributed by atoms with Gasteiger partial charge in [0.2, 0.25) is 10.0 Å². The fourth-order valence-corrected chi connectivity index (χ4v) is 3.46. The van der Waals surface area contributed by atoms with Crippen LogP contribution in [0.5, 0.6) is 0 Å². The van der Waals surface area contributed by atoms with E-state index in [0.29, 0.717) is 11.0 Å². The van der Waals surface area contributed by atoms with E-state index >= 15 is 0 Å². The highest BCUT2D eigenvalue weighted by Gasteiger charge is 2.22. The molecule has 0 amide bonds. The number of pyridine rings is 1. The second-order valence-electron chi connectivity index (χ2n) is 4.40.